The molecule has 3 rings (SSSR count). The van der Waals surface area contributed by atoms with E-state index >= 15 is 0 Å². The number of benzene rings is 2. The van der Waals surface area contributed by atoms with E-state index in [1.165, 1.54) is 0 Å². The number of carbonyl (C=O) groups excluding carboxylic acids is 1. The van der Waals surface area contributed by atoms with E-state index in [-0.39, 0.29) is 18.2 Å². The number of aliphatic hydroxyl groups is 1. The number of para-hydroxylation sites is 2. The number of rotatable bonds is 5. The summed E-state index contributed by atoms with van der Waals surface area (Å²) in [7, 11) is 0. The zero-order valence-electron chi connectivity index (χ0n) is 13.8. The maximum absolute atomic E-state index is 12.0. The number of amides is 1. The summed E-state index contributed by atoms with van der Waals surface area (Å²) in [5.74, 6) is 0.616. The van der Waals surface area contributed by atoms with Gasteiger partial charge < -0.3 is 15.4 Å². The lowest BCUT2D eigenvalue weighted by atomic mass is 10.0. The van der Waals surface area contributed by atoms with Crippen LogP contribution in [0.5, 0.6) is 0 Å². The fourth-order valence-electron chi connectivity index (χ4n) is 2.47. The van der Waals surface area contributed by atoms with Gasteiger partial charge in [0.25, 0.3) is 0 Å². The molecule has 0 aliphatic rings. The van der Waals surface area contributed by atoms with E-state index in [4.69, 9.17) is 0 Å². The molecule has 124 valence electrons. The molecule has 0 aliphatic heterocycles. The Hall–Kier alpha value is -2.66. The van der Waals surface area contributed by atoms with Crippen LogP contribution < -0.4 is 5.32 Å². The van der Waals surface area contributed by atoms with Crippen LogP contribution in [0.1, 0.15) is 20.3 Å². The Morgan fingerprint density at radius 2 is 2.00 bits per heavy atom. The van der Waals surface area contributed by atoms with Gasteiger partial charge in [0.15, 0.2) is 0 Å². The second-order valence-electron chi connectivity index (χ2n) is 6.25. The molecule has 1 amide bonds. The number of hydrogen-bond donors (Lipinski definition) is 3. The lowest BCUT2D eigenvalue weighted by Gasteiger charge is -2.14. The minimum absolute atomic E-state index is 0.0534. The fourth-order valence-corrected chi connectivity index (χ4v) is 2.47. The average Bonchev–Trinajstić information content (AvgIpc) is 2.99. The summed E-state index contributed by atoms with van der Waals surface area (Å²) in [4.78, 5) is 19.9. The second kappa shape index (κ2) is 6.84. The quantitative estimate of drug-likeness (QED) is 0.671. The van der Waals surface area contributed by atoms with Gasteiger partial charge >= 0.3 is 0 Å². The minimum atomic E-state index is -0.636. The molecule has 5 heteroatoms. The van der Waals surface area contributed by atoms with E-state index in [1.54, 1.807) is 0 Å². The summed E-state index contributed by atoms with van der Waals surface area (Å²) < 4.78 is 0. The van der Waals surface area contributed by atoms with E-state index < -0.39 is 6.10 Å². The Balaban J connectivity index is 1.78. The molecule has 1 unspecified atom stereocenters. The van der Waals surface area contributed by atoms with Crippen molar-refractivity contribution in [2.45, 2.75) is 26.4 Å². The summed E-state index contributed by atoms with van der Waals surface area (Å²) in [6.07, 6.45) is -0.546. The third-order valence-corrected chi connectivity index (χ3v) is 3.97. The molecule has 0 radical (unpaired) electrons. The number of imidazole rings is 1. The van der Waals surface area contributed by atoms with Crippen molar-refractivity contribution in [1.29, 1.82) is 0 Å². The van der Waals surface area contributed by atoms with Gasteiger partial charge in [0.1, 0.15) is 5.82 Å². The zero-order valence-corrected chi connectivity index (χ0v) is 13.8. The summed E-state index contributed by atoms with van der Waals surface area (Å²) >= 11 is 0. The molecular formula is C19H21N3O2. The number of aromatic nitrogens is 2. The highest BCUT2D eigenvalue weighted by Gasteiger charge is 2.14. The van der Waals surface area contributed by atoms with Crippen molar-refractivity contribution < 1.29 is 9.90 Å². The SMILES string of the molecule is CC(C)C(O)CC(=O)Nc1cccc(-c2nc3ccccc3[nH]2)c1. The van der Waals surface area contributed by atoms with Gasteiger partial charge in [0, 0.05) is 11.3 Å². The Morgan fingerprint density at radius 1 is 1.21 bits per heavy atom. The van der Waals surface area contributed by atoms with Crippen LogP contribution in [0.2, 0.25) is 0 Å². The highest BCUT2D eigenvalue weighted by atomic mass is 16.3. The largest absolute Gasteiger partial charge is 0.392 e. The van der Waals surface area contributed by atoms with Crippen LogP contribution in [0.3, 0.4) is 0 Å². The highest BCUT2D eigenvalue weighted by Crippen LogP contribution is 2.23. The van der Waals surface area contributed by atoms with Crippen molar-refractivity contribution in [2.75, 3.05) is 5.32 Å². The van der Waals surface area contributed by atoms with Crippen molar-refractivity contribution in [3.63, 3.8) is 0 Å². The van der Waals surface area contributed by atoms with E-state index in [2.05, 4.69) is 15.3 Å². The molecule has 0 saturated carbocycles. The average molecular weight is 323 g/mol. The number of hydrogen-bond acceptors (Lipinski definition) is 3. The van der Waals surface area contributed by atoms with Crippen LogP contribution in [-0.2, 0) is 4.79 Å². The number of fused-ring (bicyclic) bond motifs is 1. The molecule has 5 nitrogen and oxygen atoms in total. The molecule has 1 aromatic heterocycles. The molecule has 3 N–H and O–H groups in total. The first-order chi connectivity index (χ1) is 11.5. The smallest absolute Gasteiger partial charge is 0.226 e. The molecule has 0 bridgehead atoms. The monoisotopic (exact) mass is 323 g/mol. The number of aromatic amines is 1. The van der Waals surface area contributed by atoms with Gasteiger partial charge in [-0.1, -0.05) is 38.1 Å². The number of nitrogens with zero attached hydrogens (tertiary/aromatic N) is 1. The molecule has 0 spiro atoms. The van der Waals surface area contributed by atoms with Gasteiger partial charge in [-0.2, -0.15) is 0 Å². The zero-order chi connectivity index (χ0) is 17.1. The van der Waals surface area contributed by atoms with Crippen LogP contribution in [0.4, 0.5) is 5.69 Å². The van der Waals surface area contributed by atoms with Crippen LogP contribution in [-0.4, -0.2) is 27.1 Å². The maximum Gasteiger partial charge on any atom is 0.226 e. The second-order valence-corrected chi connectivity index (χ2v) is 6.25. The molecule has 3 aromatic rings. The first-order valence-corrected chi connectivity index (χ1v) is 8.06. The third kappa shape index (κ3) is 3.63. The maximum atomic E-state index is 12.0. The van der Waals surface area contributed by atoms with Crippen LogP contribution in [0.15, 0.2) is 48.5 Å². The predicted octanol–water partition coefficient (Wildman–Crippen LogP) is 3.58. The molecule has 0 saturated heterocycles. The Morgan fingerprint density at radius 3 is 2.75 bits per heavy atom. The topological polar surface area (TPSA) is 78.0 Å². The van der Waals surface area contributed by atoms with Crippen molar-refractivity contribution in [3.05, 3.63) is 48.5 Å². The molecule has 0 fully saturated rings. The van der Waals surface area contributed by atoms with Crippen molar-refractivity contribution in [1.82, 2.24) is 9.97 Å². The van der Waals surface area contributed by atoms with Gasteiger partial charge in [-0.3, -0.25) is 4.79 Å². The van der Waals surface area contributed by atoms with Crippen molar-refractivity contribution in [3.8, 4) is 11.4 Å². The Bertz CT molecular complexity index is 821. The molecular weight excluding hydrogens is 302 g/mol. The van der Waals surface area contributed by atoms with E-state index in [9.17, 15) is 9.90 Å². The van der Waals surface area contributed by atoms with Crippen LogP contribution >= 0.6 is 0 Å². The van der Waals surface area contributed by atoms with E-state index in [0.717, 1.165) is 22.4 Å². The standard InChI is InChI=1S/C19H21N3O2/c1-12(2)17(23)11-18(24)20-14-7-5-6-13(10-14)19-21-15-8-3-4-9-16(15)22-19/h3-10,12,17,23H,11H2,1-2H3,(H,20,24)(H,21,22). The van der Waals surface area contributed by atoms with E-state index in [0.29, 0.717) is 5.69 Å². The van der Waals surface area contributed by atoms with Gasteiger partial charge in [0.05, 0.1) is 23.6 Å². The normalized spacial score (nSPS) is 12.5. The fraction of sp³-hybridized carbons (Fsp3) is 0.263. The van der Waals surface area contributed by atoms with Gasteiger partial charge in [-0.15, -0.1) is 0 Å². The predicted molar refractivity (Wildman–Crippen MR) is 95.6 cm³/mol. The molecule has 0 aliphatic carbocycles. The summed E-state index contributed by atoms with van der Waals surface area (Å²) in [5, 5.41) is 12.6. The number of anilines is 1. The Kier molecular flexibility index (Phi) is 4.62. The number of H-pyrrole nitrogens is 1. The lowest BCUT2D eigenvalue weighted by Crippen LogP contribution is -2.23. The van der Waals surface area contributed by atoms with Gasteiger partial charge in [-0.25, -0.2) is 4.98 Å². The molecule has 2 aromatic carbocycles. The first kappa shape index (κ1) is 16.2. The lowest BCUT2D eigenvalue weighted by molar-refractivity contribution is -0.118. The highest BCUT2D eigenvalue weighted by molar-refractivity contribution is 5.91. The number of carbonyl (C=O) groups is 1. The number of aliphatic hydroxyl groups excluding tert-OH is 1. The Labute approximate surface area is 140 Å². The van der Waals surface area contributed by atoms with Gasteiger partial charge in [0.2, 0.25) is 5.91 Å². The first-order valence-electron chi connectivity index (χ1n) is 8.06. The van der Waals surface area contributed by atoms with E-state index in [1.807, 2.05) is 62.4 Å². The third-order valence-electron chi connectivity index (χ3n) is 3.97. The number of nitrogens with one attached hydrogen (secondary N) is 2. The van der Waals surface area contributed by atoms with Crippen molar-refractivity contribution >= 4 is 22.6 Å². The molecule has 1 heterocycles. The van der Waals surface area contributed by atoms with Gasteiger partial charge in [-0.05, 0) is 30.2 Å². The summed E-state index contributed by atoms with van der Waals surface area (Å²) in [5.41, 5.74) is 3.46. The minimum Gasteiger partial charge on any atom is -0.392 e. The van der Waals surface area contributed by atoms with Crippen LogP contribution in [0.25, 0.3) is 22.4 Å². The van der Waals surface area contributed by atoms with Crippen molar-refractivity contribution in [2.24, 2.45) is 5.92 Å². The summed E-state index contributed by atoms with van der Waals surface area (Å²) in [6, 6.07) is 15.3. The molecule has 1 atom stereocenters. The van der Waals surface area contributed by atoms with Crippen LogP contribution in [0, 0.1) is 5.92 Å². The summed E-state index contributed by atoms with van der Waals surface area (Å²) in [6.45, 7) is 3.78. The molecule has 24 heavy (non-hydrogen) atoms.